The van der Waals surface area contributed by atoms with Crippen molar-refractivity contribution in [3.63, 3.8) is 0 Å². The first kappa shape index (κ1) is 22.9. The number of nitro benzene ring substituents is 1. The molecule has 2 aromatic carbocycles. The Morgan fingerprint density at radius 3 is 2.31 bits per heavy atom. The summed E-state index contributed by atoms with van der Waals surface area (Å²) in [7, 11) is 4.43. The van der Waals surface area contributed by atoms with Gasteiger partial charge in [0.1, 0.15) is 0 Å². The average molecular weight is 444 g/mol. The second-order valence-electron chi connectivity index (χ2n) is 7.17. The van der Waals surface area contributed by atoms with Crippen molar-refractivity contribution in [1.29, 1.82) is 0 Å². The third-order valence-corrected chi connectivity index (χ3v) is 5.41. The number of hydrogen-bond acceptors (Lipinski definition) is 8. The first-order valence-corrected chi connectivity index (χ1v) is 9.85. The van der Waals surface area contributed by atoms with E-state index in [1.165, 1.54) is 45.6 Å². The van der Waals surface area contributed by atoms with E-state index in [9.17, 15) is 19.7 Å². The molecule has 0 radical (unpaired) electrons. The molecule has 1 saturated carbocycles. The summed E-state index contributed by atoms with van der Waals surface area (Å²) in [5.74, 6) is -0.593. The maximum absolute atomic E-state index is 13.2. The molecule has 0 aliphatic heterocycles. The van der Waals surface area contributed by atoms with Gasteiger partial charge in [-0.05, 0) is 37.1 Å². The molecule has 10 heteroatoms. The number of nitrogens with one attached hydrogen (secondary N) is 1. The summed E-state index contributed by atoms with van der Waals surface area (Å²) in [6, 6.07) is 8.89. The predicted octanol–water partition coefficient (Wildman–Crippen LogP) is 3.30. The van der Waals surface area contributed by atoms with E-state index >= 15 is 0 Å². The molecule has 32 heavy (non-hydrogen) atoms. The summed E-state index contributed by atoms with van der Waals surface area (Å²) in [6.07, 6.45) is 0.200. The molecule has 0 heterocycles. The van der Waals surface area contributed by atoms with E-state index in [0.29, 0.717) is 22.8 Å². The Balaban J connectivity index is 1.97. The van der Waals surface area contributed by atoms with Gasteiger partial charge < -0.3 is 24.3 Å². The molecular formula is C22H24N2O8. The third-order valence-electron chi connectivity index (χ3n) is 5.41. The molecule has 2 atom stereocenters. The van der Waals surface area contributed by atoms with Crippen molar-refractivity contribution in [2.24, 2.45) is 5.41 Å². The zero-order chi connectivity index (χ0) is 23.5. The van der Waals surface area contributed by atoms with Crippen LogP contribution in [0.1, 0.15) is 24.8 Å². The van der Waals surface area contributed by atoms with Crippen molar-refractivity contribution in [3.05, 3.63) is 52.1 Å². The van der Waals surface area contributed by atoms with Gasteiger partial charge in [0, 0.05) is 23.7 Å². The van der Waals surface area contributed by atoms with Crippen LogP contribution in [-0.2, 0) is 14.3 Å². The lowest BCUT2D eigenvalue weighted by atomic mass is 9.97. The molecular weight excluding hydrogens is 420 g/mol. The number of hydrogen-bond donors (Lipinski definition) is 1. The van der Waals surface area contributed by atoms with E-state index in [-0.39, 0.29) is 24.4 Å². The number of ether oxygens (including phenoxy) is 4. The van der Waals surface area contributed by atoms with Gasteiger partial charge in [-0.1, -0.05) is 6.07 Å². The summed E-state index contributed by atoms with van der Waals surface area (Å²) in [6.45, 7) is 1.76. The number of nitro groups is 1. The zero-order valence-corrected chi connectivity index (χ0v) is 18.2. The van der Waals surface area contributed by atoms with Crippen LogP contribution in [0, 0.1) is 15.5 Å². The van der Waals surface area contributed by atoms with Crippen LogP contribution >= 0.6 is 0 Å². The van der Waals surface area contributed by atoms with Crippen LogP contribution in [0.5, 0.6) is 17.2 Å². The highest BCUT2D eigenvalue weighted by molar-refractivity contribution is 6.13. The first-order valence-electron chi connectivity index (χ1n) is 9.85. The Morgan fingerprint density at radius 1 is 1.12 bits per heavy atom. The molecule has 0 bridgehead atoms. The fourth-order valence-electron chi connectivity index (χ4n) is 3.74. The standard InChI is InChI=1S/C22H24N2O8/c1-5-32-21(26)22(20(25)23-14-7-6-8-15(11-14)24(27)28)12-16(22)13-9-17(29-2)19(31-4)18(10-13)30-3/h6-11,16H,5,12H2,1-4H3,(H,23,25)/t16-,22-/m0/s1. The number of rotatable bonds is 9. The molecule has 0 unspecified atom stereocenters. The van der Waals surface area contributed by atoms with Crippen LogP contribution in [0.2, 0.25) is 0 Å². The minimum absolute atomic E-state index is 0.104. The Hall–Kier alpha value is -3.82. The number of nitrogens with zero attached hydrogens (tertiary/aromatic N) is 1. The smallest absolute Gasteiger partial charge is 0.322 e. The largest absolute Gasteiger partial charge is 0.493 e. The van der Waals surface area contributed by atoms with Crippen LogP contribution in [0.4, 0.5) is 11.4 Å². The van der Waals surface area contributed by atoms with Gasteiger partial charge in [-0.25, -0.2) is 0 Å². The third kappa shape index (κ3) is 4.03. The molecule has 1 amide bonds. The van der Waals surface area contributed by atoms with Gasteiger partial charge in [-0.2, -0.15) is 0 Å². The molecule has 1 aliphatic rings. The molecule has 10 nitrogen and oxygen atoms in total. The van der Waals surface area contributed by atoms with E-state index in [4.69, 9.17) is 18.9 Å². The predicted molar refractivity (Wildman–Crippen MR) is 114 cm³/mol. The lowest BCUT2D eigenvalue weighted by Gasteiger charge is -2.18. The summed E-state index contributed by atoms with van der Waals surface area (Å²) in [4.78, 5) is 36.6. The Bertz CT molecular complexity index is 1030. The SMILES string of the molecule is CCOC(=O)[C@@]1(C(=O)Nc2cccc([N+](=O)[O-])c2)C[C@H]1c1cc(OC)c(OC)c(OC)c1. The van der Waals surface area contributed by atoms with Crippen LogP contribution in [0.3, 0.4) is 0 Å². The minimum Gasteiger partial charge on any atom is -0.493 e. The fraction of sp³-hybridized carbons (Fsp3) is 0.364. The van der Waals surface area contributed by atoms with E-state index in [2.05, 4.69) is 5.32 Å². The molecule has 170 valence electrons. The molecule has 3 rings (SSSR count). The van der Waals surface area contributed by atoms with Crippen molar-refractivity contribution in [2.75, 3.05) is 33.3 Å². The fourth-order valence-corrected chi connectivity index (χ4v) is 3.74. The summed E-state index contributed by atoms with van der Waals surface area (Å²) in [5, 5.41) is 13.7. The van der Waals surface area contributed by atoms with E-state index in [0.717, 1.165) is 0 Å². The van der Waals surface area contributed by atoms with Gasteiger partial charge in [0.2, 0.25) is 11.7 Å². The van der Waals surface area contributed by atoms with Gasteiger partial charge in [-0.3, -0.25) is 19.7 Å². The van der Waals surface area contributed by atoms with Gasteiger partial charge in [0.25, 0.3) is 5.69 Å². The van der Waals surface area contributed by atoms with Crippen LogP contribution < -0.4 is 19.5 Å². The van der Waals surface area contributed by atoms with E-state index < -0.39 is 28.1 Å². The van der Waals surface area contributed by atoms with Gasteiger partial charge in [0.05, 0.1) is 32.9 Å². The van der Waals surface area contributed by atoms with Crippen molar-refractivity contribution < 1.29 is 33.5 Å². The Labute approximate surface area is 184 Å². The molecule has 0 aromatic heterocycles. The van der Waals surface area contributed by atoms with Crippen molar-refractivity contribution >= 4 is 23.3 Å². The maximum Gasteiger partial charge on any atom is 0.322 e. The number of carbonyl (C=O) groups is 2. The quantitative estimate of drug-likeness (QED) is 0.270. The number of methoxy groups -OCH3 is 3. The molecule has 0 saturated heterocycles. The lowest BCUT2D eigenvalue weighted by Crippen LogP contribution is -2.34. The highest BCUT2D eigenvalue weighted by Crippen LogP contribution is 2.62. The second-order valence-corrected chi connectivity index (χ2v) is 7.17. The highest BCUT2D eigenvalue weighted by Gasteiger charge is 2.67. The van der Waals surface area contributed by atoms with E-state index in [1.54, 1.807) is 19.1 Å². The average Bonchev–Trinajstić information content (AvgIpc) is 3.55. The monoisotopic (exact) mass is 444 g/mol. The van der Waals surface area contributed by atoms with Crippen LogP contribution in [-0.4, -0.2) is 44.7 Å². The number of benzene rings is 2. The number of carbonyl (C=O) groups excluding carboxylic acids is 2. The summed E-state index contributed by atoms with van der Waals surface area (Å²) in [5.41, 5.74) is -0.805. The first-order chi connectivity index (χ1) is 15.3. The number of anilines is 1. The number of amides is 1. The van der Waals surface area contributed by atoms with Crippen LogP contribution in [0.15, 0.2) is 36.4 Å². The topological polar surface area (TPSA) is 126 Å². The Morgan fingerprint density at radius 2 is 1.78 bits per heavy atom. The molecule has 1 aliphatic carbocycles. The second kappa shape index (κ2) is 9.13. The highest BCUT2D eigenvalue weighted by atomic mass is 16.6. The number of esters is 1. The lowest BCUT2D eigenvalue weighted by molar-refractivity contribution is -0.384. The van der Waals surface area contributed by atoms with Crippen molar-refractivity contribution in [2.45, 2.75) is 19.3 Å². The molecule has 1 fully saturated rings. The Kier molecular flexibility index (Phi) is 6.52. The van der Waals surface area contributed by atoms with Crippen LogP contribution in [0.25, 0.3) is 0 Å². The minimum atomic E-state index is -1.48. The summed E-state index contributed by atoms with van der Waals surface area (Å²) < 4.78 is 21.3. The molecule has 1 N–H and O–H groups in total. The zero-order valence-electron chi connectivity index (χ0n) is 18.2. The van der Waals surface area contributed by atoms with Crippen molar-refractivity contribution in [3.8, 4) is 17.2 Å². The number of non-ortho nitro benzene ring substituents is 1. The van der Waals surface area contributed by atoms with Crippen molar-refractivity contribution in [1.82, 2.24) is 0 Å². The van der Waals surface area contributed by atoms with E-state index in [1.807, 2.05) is 0 Å². The van der Waals surface area contributed by atoms with Gasteiger partial charge in [-0.15, -0.1) is 0 Å². The molecule has 2 aromatic rings. The normalized spacial score (nSPS) is 18.9. The maximum atomic E-state index is 13.2. The van der Waals surface area contributed by atoms with Gasteiger partial charge >= 0.3 is 5.97 Å². The summed E-state index contributed by atoms with van der Waals surface area (Å²) >= 11 is 0. The van der Waals surface area contributed by atoms with Gasteiger partial charge in [0.15, 0.2) is 16.9 Å². The molecule has 0 spiro atoms.